The molecule has 0 fully saturated rings. The summed E-state index contributed by atoms with van der Waals surface area (Å²) >= 11 is 1.37. The van der Waals surface area contributed by atoms with E-state index in [4.69, 9.17) is 9.47 Å². The van der Waals surface area contributed by atoms with Crippen molar-refractivity contribution in [3.05, 3.63) is 45.8 Å². The maximum atomic E-state index is 12.0. The van der Waals surface area contributed by atoms with Gasteiger partial charge in [-0.1, -0.05) is 6.08 Å². The Morgan fingerprint density at radius 2 is 2.38 bits per heavy atom. The number of carbonyl (C=O) groups excluding carboxylic acids is 1. The van der Waals surface area contributed by atoms with E-state index in [-0.39, 0.29) is 18.8 Å². The topological polar surface area (TPSA) is 69.9 Å². The summed E-state index contributed by atoms with van der Waals surface area (Å²) in [6.45, 7) is 7.16. The molecule has 0 bridgehead atoms. The molecule has 2 heterocycles. The van der Waals surface area contributed by atoms with E-state index in [0.29, 0.717) is 10.7 Å². The van der Waals surface area contributed by atoms with Gasteiger partial charge in [0.15, 0.2) is 11.1 Å². The standard InChI is InChI=1S/C14H16N2O4S/c1-4-5-19-10(3)13(18)20-7-11-6-12(17)16-9(2)8-21-14(16)15-11/h4,6,8,10H,1,5,7H2,2-3H3. The van der Waals surface area contributed by atoms with E-state index >= 15 is 0 Å². The van der Waals surface area contributed by atoms with Gasteiger partial charge in [0.2, 0.25) is 0 Å². The summed E-state index contributed by atoms with van der Waals surface area (Å²) in [7, 11) is 0. The van der Waals surface area contributed by atoms with Gasteiger partial charge in [0, 0.05) is 17.1 Å². The molecule has 0 saturated carbocycles. The number of ether oxygens (including phenoxy) is 2. The molecule has 21 heavy (non-hydrogen) atoms. The van der Waals surface area contributed by atoms with Crippen molar-refractivity contribution in [1.82, 2.24) is 9.38 Å². The van der Waals surface area contributed by atoms with Crippen molar-refractivity contribution in [2.24, 2.45) is 0 Å². The fourth-order valence-corrected chi connectivity index (χ4v) is 2.61. The Kier molecular flexibility index (Phi) is 4.87. The van der Waals surface area contributed by atoms with Gasteiger partial charge in [-0.15, -0.1) is 17.9 Å². The first-order chi connectivity index (χ1) is 10.0. The van der Waals surface area contributed by atoms with Crippen LogP contribution in [0.2, 0.25) is 0 Å². The van der Waals surface area contributed by atoms with Gasteiger partial charge in [-0.05, 0) is 13.8 Å². The van der Waals surface area contributed by atoms with Crippen LogP contribution in [0.1, 0.15) is 18.3 Å². The van der Waals surface area contributed by atoms with Crippen LogP contribution in [0.3, 0.4) is 0 Å². The van der Waals surface area contributed by atoms with Crippen LogP contribution in [-0.2, 0) is 20.9 Å². The first-order valence-corrected chi connectivity index (χ1v) is 7.27. The first kappa shape index (κ1) is 15.4. The highest BCUT2D eigenvalue weighted by atomic mass is 32.1. The fourth-order valence-electron chi connectivity index (χ4n) is 1.72. The molecule has 0 spiro atoms. The Labute approximate surface area is 125 Å². The molecule has 2 aromatic rings. The quantitative estimate of drug-likeness (QED) is 0.600. The third kappa shape index (κ3) is 3.56. The smallest absolute Gasteiger partial charge is 0.335 e. The van der Waals surface area contributed by atoms with Crippen molar-refractivity contribution in [2.75, 3.05) is 6.61 Å². The van der Waals surface area contributed by atoms with Gasteiger partial charge in [-0.3, -0.25) is 9.20 Å². The SMILES string of the molecule is C=CCOC(C)C(=O)OCc1cc(=O)n2c(C)csc2n1. The van der Waals surface area contributed by atoms with Gasteiger partial charge in [-0.2, -0.15) is 0 Å². The highest BCUT2D eigenvalue weighted by molar-refractivity contribution is 7.15. The molecule has 1 unspecified atom stereocenters. The third-order valence-electron chi connectivity index (χ3n) is 2.79. The minimum atomic E-state index is -0.684. The van der Waals surface area contributed by atoms with Crippen molar-refractivity contribution >= 4 is 22.3 Å². The monoisotopic (exact) mass is 308 g/mol. The van der Waals surface area contributed by atoms with Crippen LogP contribution in [0, 0.1) is 6.92 Å². The number of fused-ring (bicyclic) bond motifs is 1. The van der Waals surface area contributed by atoms with E-state index in [1.54, 1.807) is 13.0 Å². The largest absolute Gasteiger partial charge is 0.457 e. The number of hydrogen-bond acceptors (Lipinski definition) is 6. The summed E-state index contributed by atoms with van der Waals surface area (Å²) in [5.41, 5.74) is 1.08. The van der Waals surface area contributed by atoms with Crippen LogP contribution in [0.25, 0.3) is 4.96 Å². The Hall–Kier alpha value is -1.99. The van der Waals surface area contributed by atoms with Crippen molar-refractivity contribution in [1.29, 1.82) is 0 Å². The maximum absolute atomic E-state index is 12.0. The van der Waals surface area contributed by atoms with E-state index in [0.717, 1.165) is 5.69 Å². The van der Waals surface area contributed by atoms with Crippen LogP contribution in [-0.4, -0.2) is 28.1 Å². The molecule has 112 valence electrons. The van der Waals surface area contributed by atoms with Gasteiger partial charge in [0.1, 0.15) is 6.61 Å². The third-order valence-corrected chi connectivity index (χ3v) is 3.73. The number of aromatic nitrogens is 2. The number of thiazole rings is 1. The molecule has 6 nitrogen and oxygen atoms in total. The van der Waals surface area contributed by atoms with Gasteiger partial charge in [-0.25, -0.2) is 9.78 Å². The van der Waals surface area contributed by atoms with Crippen LogP contribution >= 0.6 is 11.3 Å². The molecule has 7 heteroatoms. The molecular formula is C14H16N2O4S. The predicted molar refractivity (Wildman–Crippen MR) is 79.5 cm³/mol. The average Bonchev–Trinajstić information content (AvgIpc) is 2.84. The fraction of sp³-hybridized carbons (Fsp3) is 0.357. The molecule has 0 aliphatic rings. The summed E-state index contributed by atoms with van der Waals surface area (Å²) in [6.07, 6.45) is 0.871. The number of rotatable bonds is 6. The van der Waals surface area contributed by atoms with Gasteiger partial charge in [0.05, 0.1) is 12.3 Å². The first-order valence-electron chi connectivity index (χ1n) is 6.39. The van der Waals surface area contributed by atoms with Crippen LogP contribution in [0.15, 0.2) is 28.9 Å². The zero-order valence-electron chi connectivity index (χ0n) is 11.9. The molecule has 0 radical (unpaired) electrons. The number of carbonyl (C=O) groups is 1. The van der Waals surface area contributed by atoms with Gasteiger partial charge < -0.3 is 9.47 Å². The van der Waals surface area contributed by atoms with E-state index < -0.39 is 12.1 Å². The lowest BCUT2D eigenvalue weighted by atomic mass is 10.4. The van der Waals surface area contributed by atoms with Crippen LogP contribution in [0.5, 0.6) is 0 Å². The lowest BCUT2D eigenvalue weighted by Crippen LogP contribution is -2.24. The van der Waals surface area contributed by atoms with E-state index in [9.17, 15) is 9.59 Å². The summed E-state index contributed by atoms with van der Waals surface area (Å²) < 4.78 is 11.8. The van der Waals surface area contributed by atoms with Crippen molar-refractivity contribution in [3.8, 4) is 0 Å². The van der Waals surface area contributed by atoms with Crippen molar-refractivity contribution in [2.45, 2.75) is 26.6 Å². The molecule has 0 saturated heterocycles. The lowest BCUT2D eigenvalue weighted by molar-refractivity contribution is -0.156. The number of nitrogens with zero attached hydrogens (tertiary/aromatic N) is 2. The zero-order chi connectivity index (χ0) is 15.4. The number of aryl methyl sites for hydroxylation is 1. The average molecular weight is 308 g/mol. The highest BCUT2D eigenvalue weighted by Crippen LogP contribution is 2.12. The highest BCUT2D eigenvalue weighted by Gasteiger charge is 2.15. The Balaban J connectivity index is 2.05. The maximum Gasteiger partial charge on any atom is 0.335 e. The molecule has 0 aliphatic carbocycles. The van der Waals surface area contributed by atoms with Crippen molar-refractivity contribution < 1.29 is 14.3 Å². The normalized spacial score (nSPS) is 12.3. The molecular weight excluding hydrogens is 292 g/mol. The minimum absolute atomic E-state index is 0.0523. The van der Waals surface area contributed by atoms with E-state index in [2.05, 4.69) is 11.6 Å². The second-order valence-electron chi connectivity index (χ2n) is 4.45. The van der Waals surface area contributed by atoms with E-state index in [1.807, 2.05) is 12.3 Å². The second kappa shape index (κ2) is 6.64. The Morgan fingerprint density at radius 3 is 3.10 bits per heavy atom. The molecule has 1 atom stereocenters. The summed E-state index contributed by atoms with van der Waals surface area (Å²) in [5, 5.41) is 1.85. The number of hydrogen-bond donors (Lipinski definition) is 0. The molecule has 2 rings (SSSR count). The zero-order valence-corrected chi connectivity index (χ0v) is 12.7. The van der Waals surface area contributed by atoms with Crippen LogP contribution in [0.4, 0.5) is 0 Å². The summed E-state index contributed by atoms with van der Waals surface area (Å²) in [6, 6.07) is 1.37. The summed E-state index contributed by atoms with van der Waals surface area (Å²) in [5.74, 6) is -0.499. The predicted octanol–water partition coefficient (Wildman–Crippen LogP) is 1.70. The second-order valence-corrected chi connectivity index (χ2v) is 5.29. The lowest BCUT2D eigenvalue weighted by Gasteiger charge is -2.11. The van der Waals surface area contributed by atoms with Gasteiger partial charge >= 0.3 is 5.97 Å². The minimum Gasteiger partial charge on any atom is -0.457 e. The van der Waals surface area contributed by atoms with Crippen molar-refractivity contribution in [3.63, 3.8) is 0 Å². The molecule has 0 aliphatic heterocycles. The molecule has 0 amide bonds. The number of esters is 1. The summed E-state index contributed by atoms with van der Waals surface area (Å²) in [4.78, 5) is 28.5. The van der Waals surface area contributed by atoms with E-state index in [1.165, 1.54) is 21.8 Å². The molecule has 0 N–H and O–H groups in total. The van der Waals surface area contributed by atoms with Gasteiger partial charge in [0.25, 0.3) is 5.56 Å². The Bertz CT molecular complexity index is 719. The molecule has 0 aromatic carbocycles. The van der Waals surface area contributed by atoms with Crippen LogP contribution < -0.4 is 5.56 Å². The Morgan fingerprint density at radius 1 is 1.62 bits per heavy atom. The molecule has 2 aromatic heterocycles.